The van der Waals surface area contributed by atoms with E-state index >= 15 is 0 Å². The highest BCUT2D eigenvalue weighted by atomic mass is 14.8. The second-order valence-electron chi connectivity index (χ2n) is 4.44. The van der Waals surface area contributed by atoms with Crippen molar-refractivity contribution in [3.63, 3.8) is 0 Å². The fraction of sp³-hybridized carbons (Fsp3) is 0.0588. The van der Waals surface area contributed by atoms with Crippen LogP contribution in [0.5, 0.6) is 0 Å². The third kappa shape index (κ3) is 2.38. The molecule has 1 heterocycles. The lowest BCUT2D eigenvalue weighted by atomic mass is 10.0. The molecule has 91 valence electrons. The third-order valence-electron chi connectivity index (χ3n) is 3.05. The molecule has 2 aromatic carbocycles. The maximum Gasteiger partial charge on any atom is 0.116 e. The molecular formula is C17H13N2. The van der Waals surface area contributed by atoms with Crippen LogP contribution in [-0.4, -0.2) is 9.97 Å². The molecule has 0 saturated heterocycles. The van der Waals surface area contributed by atoms with Gasteiger partial charge in [0.1, 0.15) is 12.5 Å². The van der Waals surface area contributed by atoms with Crippen molar-refractivity contribution >= 4 is 0 Å². The van der Waals surface area contributed by atoms with Gasteiger partial charge in [-0.1, -0.05) is 60.2 Å². The molecule has 0 fully saturated rings. The van der Waals surface area contributed by atoms with Crippen molar-refractivity contribution in [2.75, 3.05) is 0 Å². The third-order valence-corrected chi connectivity index (χ3v) is 3.05. The Morgan fingerprint density at radius 2 is 1.58 bits per heavy atom. The van der Waals surface area contributed by atoms with E-state index in [1.165, 1.54) is 5.56 Å². The van der Waals surface area contributed by atoms with E-state index in [1.807, 2.05) is 30.3 Å². The monoisotopic (exact) mass is 245 g/mol. The number of hydrogen-bond acceptors (Lipinski definition) is 2. The number of rotatable bonds is 2. The molecule has 0 bridgehead atoms. The highest BCUT2D eigenvalue weighted by Crippen LogP contribution is 2.28. The lowest BCUT2D eigenvalue weighted by molar-refractivity contribution is 1.16. The van der Waals surface area contributed by atoms with Crippen LogP contribution in [0.1, 0.15) is 5.56 Å². The molecule has 3 rings (SSSR count). The molecule has 19 heavy (non-hydrogen) atoms. The molecule has 1 radical (unpaired) electrons. The van der Waals surface area contributed by atoms with Crippen molar-refractivity contribution in [2.24, 2.45) is 0 Å². The first-order chi connectivity index (χ1) is 9.34. The first-order valence-corrected chi connectivity index (χ1v) is 6.20. The normalized spacial score (nSPS) is 10.4. The topological polar surface area (TPSA) is 25.8 Å². The van der Waals surface area contributed by atoms with Gasteiger partial charge in [0.15, 0.2) is 0 Å². The van der Waals surface area contributed by atoms with Gasteiger partial charge >= 0.3 is 0 Å². The summed E-state index contributed by atoms with van der Waals surface area (Å²) in [6.07, 6.45) is 4.60. The van der Waals surface area contributed by atoms with E-state index in [1.54, 1.807) is 6.33 Å². The molecule has 0 saturated carbocycles. The van der Waals surface area contributed by atoms with E-state index in [2.05, 4.69) is 47.4 Å². The van der Waals surface area contributed by atoms with Gasteiger partial charge in [0.2, 0.25) is 0 Å². The van der Waals surface area contributed by atoms with Crippen LogP contribution in [0.3, 0.4) is 0 Å². The molecule has 2 heteroatoms. The summed E-state index contributed by atoms with van der Waals surface area (Å²) >= 11 is 0. The Morgan fingerprint density at radius 3 is 2.32 bits per heavy atom. The molecule has 0 aliphatic heterocycles. The SMILES string of the molecule is Cc1ccc(-c2ncn[c]c2-c2ccccc2)cc1. The molecule has 0 N–H and O–H groups in total. The summed E-state index contributed by atoms with van der Waals surface area (Å²) in [7, 11) is 0. The zero-order chi connectivity index (χ0) is 13.1. The minimum absolute atomic E-state index is 0.918. The van der Waals surface area contributed by atoms with Gasteiger partial charge in [-0.05, 0) is 12.5 Å². The van der Waals surface area contributed by atoms with Crippen LogP contribution in [-0.2, 0) is 0 Å². The molecule has 0 spiro atoms. The van der Waals surface area contributed by atoms with Crippen molar-refractivity contribution in [1.82, 2.24) is 9.97 Å². The summed E-state index contributed by atoms with van der Waals surface area (Å²) in [5.74, 6) is 0. The molecule has 1 aromatic heterocycles. The summed E-state index contributed by atoms with van der Waals surface area (Å²) in [6, 6.07) is 18.5. The Kier molecular flexibility index (Phi) is 3.07. The zero-order valence-electron chi connectivity index (χ0n) is 10.7. The number of nitrogens with zero attached hydrogens (tertiary/aromatic N) is 2. The van der Waals surface area contributed by atoms with Crippen LogP contribution in [0, 0.1) is 13.1 Å². The Balaban J connectivity index is 2.15. The van der Waals surface area contributed by atoms with E-state index in [4.69, 9.17) is 0 Å². The van der Waals surface area contributed by atoms with Gasteiger partial charge in [-0.25, -0.2) is 9.97 Å². The predicted octanol–water partition coefficient (Wildman–Crippen LogP) is 3.92. The zero-order valence-corrected chi connectivity index (χ0v) is 10.7. The van der Waals surface area contributed by atoms with Crippen LogP contribution < -0.4 is 0 Å². The lowest BCUT2D eigenvalue weighted by Gasteiger charge is -2.07. The molecule has 0 amide bonds. The highest BCUT2D eigenvalue weighted by Gasteiger charge is 2.08. The first-order valence-electron chi connectivity index (χ1n) is 6.20. The minimum atomic E-state index is 0.918. The fourth-order valence-corrected chi connectivity index (χ4v) is 2.03. The van der Waals surface area contributed by atoms with E-state index in [0.717, 1.165) is 22.4 Å². The van der Waals surface area contributed by atoms with Gasteiger partial charge in [0.05, 0.1) is 5.69 Å². The average Bonchev–Trinajstić information content (AvgIpc) is 2.49. The van der Waals surface area contributed by atoms with E-state index in [0.29, 0.717) is 0 Å². The van der Waals surface area contributed by atoms with Gasteiger partial charge in [0, 0.05) is 11.1 Å². The lowest BCUT2D eigenvalue weighted by Crippen LogP contribution is -1.91. The summed E-state index contributed by atoms with van der Waals surface area (Å²) in [6.45, 7) is 2.08. The maximum absolute atomic E-state index is 4.41. The Hall–Kier alpha value is -2.48. The van der Waals surface area contributed by atoms with Crippen LogP contribution >= 0.6 is 0 Å². The first kappa shape index (κ1) is 11.6. The van der Waals surface area contributed by atoms with E-state index in [9.17, 15) is 0 Å². The Bertz CT molecular complexity index is 673. The van der Waals surface area contributed by atoms with Gasteiger partial charge in [-0.3, -0.25) is 0 Å². The van der Waals surface area contributed by atoms with Crippen LogP contribution in [0.25, 0.3) is 22.4 Å². The van der Waals surface area contributed by atoms with Crippen molar-refractivity contribution < 1.29 is 0 Å². The molecule has 0 aliphatic carbocycles. The molecule has 0 aliphatic rings. The van der Waals surface area contributed by atoms with E-state index < -0.39 is 0 Å². The standard InChI is InChI=1S/C17H13N2/c1-13-7-9-15(10-8-13)17-16(11-18-12-19-17)14-5-3-2-4-6-14/h2-10,12H,1H3. The Morgan fingerprint density at radius 1 is 0.842 bits per heavy atom. The number of hydrogen-bond donors (Lipinski definition) is 0. The molecule has 2 nitrogen and oxygen atoms in total. The van der Waals surface area contributed by atoms with Gasteiger partial charge in [-0.15, -0.1) is 0 Å². The molecular weight excluding hydrogens is 232 g/mol. The van der Waals surface area contributed by atoms with Crippen LogP contribution in [0.15, 0.2) is 60.9 Å². The van der Waals surface area contributed by atoms with Crippen LogP contribution in [0.2, 0.25) is 0 Å². The second kappa shape index (κ2) is 5.02. The highest BCUT2D eigenvalue weighted by molar-refractivity contribution is 5.79. The maximum atomic E-state index is 4.41. The number of aryl methyl sites for hydroxylation is 1. The summed E-state index contributed by atoms with van der Waals surface area (Å²) in [5, 5.41) is 0. The van der Waals surface area contributed by atoms with Crippen molar-refractivity contribution in [2.45, 2.75) is 6.92 Å². The van der Waals surface area contributed by atoms with Crippen LogP contribution in [0.4, 0.5) is 0 Å². The molecule has 3 aromatic rings. The number of benzene rings is 2. The Labute approximate surface area is 112 Å². The van der Waals surface area contributed by atoms with Gasteiger partial charge in [0.25, 0.3) is 0 Å². The summed E-state index contributed by atoms with van der Waals surface area (Å²) < 4.78 is 0. The molecule has 0 unspecified atom stereocenters. The molecule has 0 atom stereocenters. The van der Waals surface area contributed by atoms with Gasteiger partial charge < -0.3 is 0 Å². The quantitative estimate of drug-likeness (QED) is 0.684. The van der Waals surface area contributed by atoms with E-state index in [-0.39, 0.29) is 0 Å². The van der Waals surface area contributed by atoms with Crippen molar-refractivity contribution in [1.29, 1.82) is 0 Å². The average molecular weight is 245 g/mol. The fourth-order valence-electron chi connectivity index (χ4n) is 2.03. The smallest absolute Gasteiger partial charge is 0.116 e. The summed E-state index contributed by atoms with van der Waals surface area (Å²) in [5.41, 5.74) is 5.26. The number of aromatic nitrogens is 2. The predicted molar refractivity (Wildman–Crippen MR) is 76.5 cm³/mol. The largest absolute Gasteiger partial charge is 0.236 e. The second-order valence-corrected chi connectivity index (χ2v) is 4.44. The van der Waals surface area contributed by atoms with Crippen molar-refractivity contribution in [3.05, 3.63) is 72.7 Å². The summed E-state index contributed by atoms with van der Waals surface area (Å²) in [4.78, 5) is 8.44. The van der Waals surface area contributed by atoms with Crippen molar-refractivity contribution in [3.8, 4) is 22.4 Å². The van der Waals surface area contributed by atoms with Gasteiger partial charge in [-0.2, -0.15) is 0 Å². The minimum Gasteiger partial charge on any atom is -0.236 e.